The van der Waals surface area contributed by atoms with Gasteiger partial charge in [0.05, 0.1) is 13.2 Å². The fourth-order valence-electron chi connectivity index (χ4n) is 5.37. The number of morpholine rings is 1. The van der Waals surface area contributed by atoms with Gasteiger partial charge in [0.15, 0.2) is 11.6 Å². The van der Waals surface area contributed by atoms with Crippen molar-refractivity contribution >= 4 is 17.2 Å². The number of nitrogens with two attached hydrogens (primary N) is 1. The number of pyridine rings is 1. The van der Waals surface area contributed by atoms with Gasteiger partial charge in [0.25, 0.3) is 0 Å². The highest BCUT2D eigenvalue weighted by molar-refractivity contribution is 6.02. The molecule has 0 amide bonds. The molecule has 0 radical (unpaired) electrons. The van der Waals surface area contributed by atoms with Crippen LogP contribution in [0.5, 0.6) is 5.75 Å². The average Bonchev–Trinajstić information content (AvgIpc) is 3.69. The third kappa shape index (κ3) is 4.73. The molecule has 9 heteroatoms. The number of aromatic nitrogens is 1. The summed E-state index contributed by atoms with van der Waals surface area (Å²) in [4.78, 5) is 6.58. The molecular weight excluding hydrogens is 416 g/mol. The van der Waals surface area contributed by atoms with Crippen LogP contribution in [0.2, 0.25) is 0 Å². The fraction of sp³-hybridized carbons (Fsp3) is 0.652. The van der Waals surface area contributed by atoms with Crippen LogP contribution in [-0.2, 0) is 4.74 Å². The quantitative estimate of drug-likeness (QED) is 0.504. The molecule has 4 atom stereocenters. The summed E-state index contributed by atoms with van der Waals surface area (Å²) in [7, 11) is 0. The monoisotopic (exact) mass is 447 g/mol. The van der Waals surface area contributed by atoms with E-state index in [4.69, 9.17) is 15.9 Å². The summed E-state index contributed by atoms with van der Waals surface area (Å²) >= 11 is 0. The number of hydrogen-bond acceptors (Lipinski definition) is 7. The number of fused-ring (bicyclic) bond motifs is 1. The van der Waals surface area contributed by atoms with Crippen LogP contribution in [0.25, 0.3) is 5.70 Å². The molecular formula is C23H31F2N5O2. The Morgan fingerprint density at radius 3 is 2.69 bits per heavy atom. The summed E-state index contributed by atoms with van der Waals surface area (Å²) in [6, 6.07) is 2.10. The molecule has 4 N–H and O–H groups in total. The Balaban J connectivity index is 1.27. The van der Waals surface area contributed by atoms with Gasteiger partial charge in [-0.15, -0.1) is 0 Å². The summed E-state index contributed by atoms with van der Waals surface area (Å²) in [6.07, 6.45) is 8.07. The maximum atomic E-state index is 12.7. The van der Waals surface area contributed by atoms with Crippen molar-refractivity contribution < 1.29 is 18.3 Å². The van der Waals surface area contributed by atoms with E-state index >= 15 is 0 Å². The zero-order valence-corrected chi connectivity index (χ0v) is 18.1. The summed E-state index contributed by atoms with van der Waals surface area (Å²) in [5.74, 6) is 1.83. The summed E-state index contributed by atoms with van der Waals surface area (Å²) in [6.45, 7) is 1.48. The van der Waals surface area contributed by atoms with Crippen LogP contribution >= 0.6 is 0 Å². The van der Waals surface area contributed by atoms with Gasteiger partial charge in [-0.3, -0.25) is 4.90 Å². The Labute approximate surface area is 186 Å². The number of rotatable bonds is 9. The lowest BCUT2D eigenvalue weighted by Gasteiger charge is -2.33. The van der Waals surface area contributed by atoms with Crippen LogP contribution in [0.1, 0.15) is 31.2 Å². The van der Waals surface area contributed by atoms with Crippen LogP contribution in [0.15, 0.2) is 18.3 Å². The minimum absolute atomic E-state index is 0.0726. The highest BCUT2D eigenvalue weighted by Gasteiger charge is 2.58. The Kier molecular flexibility index (Phi) is 6.03. The second kappa shape index (κ2) is 8.94. The predicted octanol–water partition coefficient (Wildman–Crippen LogP) is 2.98. The number of anilines is 1. The van der Waals surface area contributed by atoms with Gasteiger partial charge in [0, 0.05) is 54.8 Å². The van der Waals surface area contributed by atoms with E-state index in [-0.39, 0.29) is 17.5 Å². The lowest BCUT2D eigenvalue weighted by molar-refractivity contribution is -0.0495. The zero-order chi connectivity index (χ0) is 22.2. The smallest absolute Gasteiger partial charge is 0.387 e. The molecule has 7 nitrogen and oxygen atoms in total. The maximum absolute atomic E-state index is 12.7. The lowest BCUT2D eigenvalue weighted by Crippen LogP contribution is -2.43. The molecule has 0 bridgehead atoms. The molecule has 1 aromatic rings. The summed E-state index contributed by atoms with van der Waals surface area (Å²) in [5.41, 5.74) is 7.64. The van der Waals surface area contributed by atoms with Crippen molar-refractivity contribution in [2.24, 2.45) is 23.7 Å². The molecule has 4 aliphatic rings. The third-order valence-corrected chi connectivity index (χ3v) is 7.33. The number of halogens is 2. The lowest BCUT2D eigenvalue weighted by atomic mass is 10.0. The van der Waals surface area contributed by atoms with E-state index in [1.54, 1.807) is 6.20 Å². The molecule has 0 unspecified atom stereocenters. The van der Waals surface area contributed by atoms with Gasteiger partial charge in [0.2, 0.25) is 0 Å². The van der Waals surface area contributed by atoms with Crippen molar-refractivity contribution in [2.75, 3.05) is 38.6 Å². The van der Waals surface area contributed by atoms with Gasteiger partial charge in [-0.25, -0.2) is 4.98 Å². The van der Waals surface area contributed by atoms with E-state index in [1.807, 2.05) is 6.08 Å². The first-order valence-corrected chi connectivity index (χ1v) is 11.6. The highest BCUT2D eigenvalue weighted by atomic mass is 19.3. The van der Waals surface area contributed by atoms with Gasteiger partial charge in [0.1, 0.15) is 0 Å². The second-order valence-corrected chi connectivity index (χ2v) is 9.45. The molecule has 32 heavy (non-hydrogen) atoms. The van der Waals surface area contributed by atoms with Crippen LogP contribution in [0.4, 0.5) is 14.6 Å². The fourth-order valence-corrected chi connectivity index (χ4v) is 5.37. The van der Waals surface area contributed by atoms with Crippen molar-refractivity contribution in [1.29, 1.82) is 5.41 Å². The van der Waals surface area contributed by atoms with Crippen molar-refractivity contribution in [3.8, 4) is 5.75 Å². The minimum Gasteiger partial charge on any atom is -0.431 e. The van der Waals surface area contributed by atoms with E-state index in [0.717, 1.165) is 51.4 Å². The molecule has 1 saturated heterocycles. The van der Waals surface area contributed by atoms with Crippen LogP contribution < -0.4 is 15.8 Å². The van der Waals surface area contributed by atoms with Gasteiger partial charge in [-0.2, -0.15) is 8.78 Å². The summed E-state index contributed by atoms with van der Waals surface area (Å²) in [5, 5.41) is 12.2. The number of nitrogens with zero attached hydrogens (tertiary/aromatic N) is 2. The number of alkyl halides is 2. The average molecular weight is 448 g/mol. The van der Waals surface area contributed by atoms with Crippen molar-refractivity contribution in [3.05, 3.63) is 23.9 Å². The molecule has 4 fully saturated rings. The topological polar surface area (TPSA) is 96.5 Å². The van der Waals surface area contributed by atoms with Gasteiger partial charge < -0.3 is 25.9 Å². The van der Waals surface area contributed by atoms with Gasteiger partial charge in [-0.1, -0.05) is 0 Å². The molecule has 1 aromatic heterocycles. The summed E-state index contributed by atoms with van der Waals surface area (Å²) < 4.78 is 35.5. The maximum Gasteiger partial charge on any atom is 0.387 e. The minimum atomic E-state index is -2.97. The first-order chi connectivity index (χ1) is 15.5. The first-order valence-electron chi connectivity index (χ1n) is 11.6. The van der Waals surface area contributed by atoms with Crippen molar-refractivity contribution in [2.45, 2.75) is 38.3 Å². The number of hydrogen-bond donors (Lipinski definition) is 3. The van der Waals surface area contributed by atoms with Gasteiger partial charge in [-0.05, 0) is 55.6 Å². The largest absolute Gasteiger partial charge is 0.431 e. The molecule has 2 heterocycles. The molecule has 1 aliphatic heterocycles. The highest BCUT2D eigenvalue weighted by Crippen LogP contribution is 2.59. The van der Waals surface area contributed by atoms with E-state index in [0.29, 0.717) is 35.1 Å². The number of nitrogen functional groups attached to an aromatic ring is 1. The number of ether oxygens (including phenoxy) is 2. The Bertz CT molecular complexity index is 873. The van der Waals surface area contributed by atoms with Crippen LogP contribution in [0, 0.1) is 29.1 Å². The van der Waals surface area contributed by atoms with Crippen molar-refractivity contribution in [1.82, 2.24) is 15.2 Å². The first kappa shape index (κ1) is 21.6. The molecule has 174 valence electrons. The molecule has 0 aromatic carbocycles. The van der Waals surface area contributed by atoms with Crippen molar-refractivity contribution in [3.63, 3.8) is 0 Å². The molecule has 3 aliphatic carbocycles. The number of allylic oxidation sites excluding steroid dienone is 1. The second-order valence-electron chi connectivity index (χ2n) is 9.45. The SMILES string of the molecule is N=C(/C=C(\NCC1CC1)c1cnc(N)c(OC(F)F)c1)[C@H]1[C@@H]2C[C@H](N3CCOCC3)C[C@@H]21. The number of nitrogens with one attached hydrogen (secondary N) is 2. The van der Waals surface area contributed by atoms with E-state index < -0.39 is 6.61 Å². The van der Waals surface area contributed by atoms with Gasteiger partial charge >= 0.3 is 6.61 Å². The van der Waals surface area contributed by atoms with E-state index in [2.05, 4.69) is 19.9 Å². The normalized spacial score (nSPS) is 30.3. The van der Waals surface area contributed by atoms with Crippen LogP contribution in [0.3, 0.4) is 0 Å². The van der Waals surface area contributed by atoms with E-state index in [1.165, 1.54) is 18.9 Å². The third-order valence-electron chi connectivity index (χ3n) is 7.33. The Morgan fingerprint density at radius 1 is 1.31 bits per heavy atom. The molecule has 5 rings (SSSR count). The molecule has 3 saturated carbocycles. The van der Waals surface area contributed by atoms with E-state index in [9.17, 15) is 8.78 Å². The Hall–Kier alpha value is -2.26. The standard InChI is InChI=1S/C23H31F2N5O2/c24-23(25)32-20-7-14(12-29-22(20)27)19(28-11-13-1-2-13)10-18(26)21-16-8-15(9-17(16)21)30-3-5-31-6-4-30/h7,10,12-13,15-17,21,23,26,28H,1-6,8-9,11H2,(H2,27,29)/b19-10-,26-18?/t15-,16+,17-,21-. The zero-order valence-electron chi connectivity index (χ0n) is 18.1. The molecule has 0 spiro atoms. The predicted molar refractivity (Wildman–Crippen MR) is 118 cm³/mol. The Morgan fingerprint density at radius 2 is 2.03 bits per heavy atom. The van der Waals surface area contributed by atoms with Crippen LogP contribution in [-0.4, -0.2) is 61.1 Å².